The summed E-state index contributed by atoms with van der Waals surface area (Å²) in [7, 11) is 3.14. The molecule has 2 aromatic carbocycles. The minimum Gasteiger partial charge on any atom is -0.460 e. The summed E-state index contributed by atoms with van der Waals surface area (Å²) in [6.45, 7) is 0.162. The molecule has 1 aliphatic rings. The third-order valence-corrected chi connectivity index (χ3v) is 5.41. The maximum absolute atomic E-state index is 14.1. The van der Waals surface area contributed by atoms with Gasteiger partial charge in [0.25, 0.3) is 11.6 Å². The zero-order valence-electron chi connectivity index (χ0n) is 17.4. The maximum atomic E-state index is 14.1. The second-order valence-electron chi connectivity index (χ2n) is 7.43. The number of ether oxygens (including phenoxy) is 3. The smallest absolute Gasteiger partial charge is 0.332 e. The average molecular weight is 438 g/mol. The molecule has 32 heavy (non-hydrogen) atoms. The monoisotopic (exact) mass is 438 g/mol. The summed E-state index contributed by atoms with van der Waals surface area (Å²) in [6, 6.07) is 11.6. The Morgan fingerprint density at radius 2 is 1.84 bits per heavy atom. The summed E-state index contributed by atoms with van der Waals surface area (Å²) in [6.07, 6.45) is 0. The van der Waals surface area contributed by atoms with Crippen molar-refractivity contribution >= 4 is 11.2 Å². The van der Waals surface area contributed by atoms with Crippen LogP contribution < -0.4 is 25.5 Å². The lowest BCUT2D eigenvalue weighted by Gasteiger charge is -2.09. The molecule has 0 radical (unpaired) electrons. The number of aryl methyl sites for hydroxylation is 2. The van der Waals surface area contributed by atoms with Crippen LogP contribution in [0.5, 0.6) is 17.5 Å². The van der Waals surface area contributed by atoms with E-state index in [1.54, 1.807) is 25.2 Å². The van der Waals surface area contributed by atoms with Gasteiger partial charge in [0.15, 0.2) is 22.7 Å². The largest absolute Gasteiger partial charge is 0.460 e. The second kappa shape index (κ2) is 7.56. The minimum atomic E-state index is -0.592. The zero-order chi connectivity index (χ0) is 22.4. The van der Waals surface area contributed by atoms with Crippen LogP contribution in [0.25, 0.3) is 11.2 Å². The average Bonchev–Trinajstić information content (AvgIpc) is 3.39. The van der Waals surface area contributed by atoms with Crippen molar-refractivity contribution in [2.24, 2.45) is 14.1 Å². The number of aromatic nitrogens is 4. The highest BCUT2D eigenvalue weighted by Gasteiger charge is 2.20. The molecule has 164 valence electrons. The number of rotatable bonds is 5. The van der Waals surface area contributed by atoms with Gasteiger partial charge in [0, 0.05) is 19.7 Å². The number of benzene rings is 2. The van der Waals surface area contributed by atoms with E-state index in [2.05, 4.69) is 4.98 Å². The maximum Gasteiger partial charge on any atom is 0.332 e. The van der Waals surface area contributed by atoms with E-state index in [0.717, 1.165) is 10.1 Å². The van der Waals surface area contributed by atoms with Gasteiger partial charge in [-0.3, -0.25) is 18.5 Å². The van der Waals surface area contributed by atoms with Crippen molar-refractivity contribution in [2.45, 2.75) is 13.2 Å². The molecular formula is C22H19FN4O5. The molecule has 4 aromatic rings. The number of hydrogen-bond acceptors (Lipinski definition) is 6. The Morgan fingerprint density at radius 1 is 1.06 bits per heavy atom. The van der Waals surface area contributed by atoms with Crippen LogP contribution in [0.3, 0.4) is 0 Å². The molecule has 0 amide bonds. The van der Waals surface area contributed by atoms with Gasteiger partial charge in [0.05, 0.1) is 6.54 Å². The molecule has 5 rings (SSSR count). The highest BCUT2D eigenvalue weighted by atomic mass is 19.1. The van der Waals surface area contributed by atoms with E-state index in [4.69, 9.17) is 14.2 Å². The SMILES string of the molecule is Cn1c(OCc2ccc3c(c2)OCO3)nc2c1c(=O)n(Cc1ccccc1F)c(=O)n2C. The molecule has 0 spiro atoms. The lowest BCUT2D eigenvalue weighted by atomic mass is 10.2. The summed E-state index contributed by atoms with van der Waals surface area (Å²) < 4.78 is 34.3. The predicted molar refractivity (Wildman–Crippen MR) is 113 cm³/mol. The van der Waals surface area contributed by atoms with Gasteiger partial charge in [-0.25, -0.2) is 9.18 Å². The molecule has 0 unspecified atom stereocenters. The molecule has 0 saturated carbocycles. The fourth-order valence-electron chi connectivity index (χ4n) is 3.67. The first-order valence-corrected chi connectivity index (χ1v) is 9.85. The molecule has 9 nitrogen and oxygen atoms in total. The van der Waals surface area contributed by atoms with Crippen molar-refractivity contribution in [1.29, 1.82) is 0 Å². The molecule has 3 heterocycles. The van der Waals surface area contributed by atoms with Gasteiger partial charge in [-0.05, 0) is 23.8 Å². The van der Waals surface area contributed by atoms with Crippen LogP contribution in [0, 0.1) is 5.82 Å². The number of imidazole rings is 1. The molecule has 0 fully saturated rings. The van der Waals surface area contributed by atoms with Gasteiger partial charge in [0.2, 0.25) is 6.79 Å². The van der Waals surface area contributed by atoms with E-state index in [0.29, 0.717) is 11.5 Å². The van der Waals surface area contributed by atoms with Crippen LogP contribution >= 0.6 is 0 Å². The first-order valence-electron chi connectivity index (χ1n) is 9.85. The van der Waals surface area contributed by atoms with E-state index >= 15 is 0 Å². The third-order valence-electron chi connectivity index (χ3n) is 5.41. The Kier molecular flexibility index (Phi) is 4.69. The van der Waals surface area contributed by atoms with Crippen LogP contribution in [-0.2, 0) is 27.2 Å². The van der Waals surface area contributed by atoms with Gasteiger partial charge in [-0.2, -0.15) is 4.98 Å². The van der Waals surface area contributed by atoms with Crippen LogP contribution in [0.2, 0.25) is 0 Å². The topological polar surface area (TPSA) is 89.5 Å². The highest BCUT2D eigenvalue weighted by molar-refractivity contribution is 5.71. The van der Waals surface area contributed by atoms with E-state index < -0.39 is 17.1 Å². The lowest BCUT2D eigenvalue weighted by molar-refractivity contribution is 0.174. The van der Waals surface area contributed by atoms with Gasteiger partial charge in [-0.15, -0.1) is 0 Å². The third kappa shape index (κ3) is 3.20. The Labute approximate surface area is 180 Å². The Bertz CT molecular complexity index is 1470. The van der Waals surface area contributed by atoms with Crippen molar-refractivity contribution < 1.29 is 18.6 Å². The zero-order valence-corrected chi connectivity index (χ0v) is 17.4. The van der Waals surface area contributed by atoms with Crippen molar-refractivity contribution in [2.75, 3.05) is 6.79 Å². The van der Waals surface area contributed by atoms with E-state index in [9.17, 15) is 14.0 Å². The molecule has 0 aliphatic carbocycles. The summed E-state index contributed by atoms with van der Waals surface area (Å²) in [4.78, 5) is 30.3. The lowest BCUT2D eigenvalue weighted by Crippen LogP contribution is -2.40. The summed E-state index contributed by atoms with van der Waals surface area (Å²) >= 11 is 0. The van der Waals surface area contributed by atoms with Crippen molar-refractivity contribution in [3.63, 3.8) is 0 Å². The van der Waals surface area contributed by atoms with Gasteiger partial charge < -0.3 is 14.2 Å². The first kappa shape index (κ1) is 19.9. The van der Waals surface area contributed by atoms with Gasteiger partial charge in [0.1, 0.15) is 12.4 Å². The number of fused-ring (bicyclic) bond motifs is 2. The van der Waals surface area contributed by atoms with E-state index in [1.165, 1.54) is 28.3 Å². The number of nitrogens with zero attached hydrogens (tertiary/aromatic N) is 4. The number of halogens is 1. The molecule has 0 N–H and O–H groups in total. The van der Waals surface area contributed by atoms with Crippen LogP contribution in [0.4, 0.5) is 4.39 Å². The van der Waals surface area contributed by atoms with Crippen molar-refractivity contribution in [3.8, 4) is 17.5 Å². The standard InChI is InChI=1S/C22H19FN4O5/c1-25-18-19(24-21(25)30-11-13-7-8-16-17(9-13)32-12-31-16)26(2)22(29)27(20(18)28)10-14-5-3-4-6-15(14)23/h3-9H,10-12H2,1-2H3. The van der Waals surface area contributed by atoms with Gasteiger partial charge >= 0.3 is 5.69 Å². The Morgan fingerprint density at radius 3 is 2.66 bits per heavy atom. The fraction of sp³-hybridized carbons (Fsp3) is 0.227. The molecule has 0 saturated heterocycles. The van der Waals surface area contributed by atoms with Crippen LogP contribution in [0.15, 0.2) is 52.1 Å². The van der Waals surface area contributed by atoms with Gasteiger partial charge in [-0.1, -0.05) is 24.3 Å². The van der Waals surface area contributed by atoms with Crippen molar-refractivity contribution in [1.82, 2.24) is 18.7 Å². The van der Waals surface area contributed by atoms with Crippen LogP contribution in [-0.4, -0.2) is 25.5 Å². The van der Waals surface area contributed by atoms with E-state index in [-0.39, 0.29) is 42.7 Å². The molecule has 0 bridgehead atoms. The minimum absolute atomic E-state index is 0.172. The number of hydrogen-bond donors (Lipinski definition) is 0. The molecule has 0 atom stereocenters. The Balaban J connectivity index is 1.51. The van der Waals surface area contributed by atoms with Crippen LogP contribution in [0.1, 0.15) is 11.1 Å². The summed E-state index contributed by atoms with van der Waals surface area (Å²) in [5.41, 5.74) is 0.280. The molecule has 1 aliphatic heterocycles. The first-order chi connectivity index (χ1) is 15.4. The molecule has 2 aromatic heterocycles. The van der Waals surface area contributed by atoms with Crippen molar-refractivity contribution in [3.05, 3.63) is 80.2 Å². The summed E-state index contributed by atoms with van der Waals surface area (Å²) in [5.74, 6) is 0.815. The highest BCUT2D eigenvalue weighted by Crippen LogP contribution is 2.32. The molecular weight excluding hydrogens is 419 g/mol. The predicted octanol–water partition coefficient (Wildman–Crippen LogP) is 1.93. The summed E-state index contributed by atoms with van der Waals surface area (Å²) in [5, 5.41) is 0. The normalized spacial score (nSPS) is 12.5. The second-order valence-corrected chi connectivity index (χ2v) is 7.43. The Hall–Kier alpha value is -4.08. The fourth-order valence-corrected chi connectivity index (χ4v) is 3.67. The van der Waals surface area contributed by atoms with E-state index in [1.807, 2.05) is 12.1 Å². The molecule has 10 heteroatoms. The quantitative estimate of drug-likeness (QED) is 0.473.